The highest BCUT2D eigenvalue weighted by Gasteiger charge is 2.38. The summed E-state index contributed by atoms with van der Waals surface area (Å²) in [7, 11) is 1.60. The Labute approximate surface area is 152 Å². The molecule has 0 bridgehead atoms. The van der Waals surface area contributed by atoms with Crippen molar-refractivity contribution < 1.29 is 19.4 Å². The maximum absolute atomic E-state index is 12.7. The van der Waals surface area contributed by atoms with Gasteiger partial charge in [-0.15, -0.1) is 0 Å². The van der Waals surface area contributed by atoms with E-state index in [1.165, 1.54) is 0 Å². The average molecular weight is 351 g/mol. The third kappa shape index (κ3) is 3.20. The summed E-state index contributed by atoms with van der Waals surface area (Å²) >= 11 is 0. The first kappa shape index (κ1) is 17.7. The fourth-order valence-corrected chi connectivity index (χ4v) is 2.96. The standard InChI is InChI=1S/C21H21NO4/c1-13-4-7-16(12-14(13)2)18-19(23)21(25)22(20(18)24)11-10-15-5-8-17(26-3)9-6-15/h4-9,12,23H,10-11H2,1-3H3. The van der Waals surface area contributed by atoms with E-state index in [1.807, 2.05) is 50.2 Å². The van der Waals surface area contributed by atoms with Gasteiger partial charge in [0.25, 0.3) is 11.8 Å². The number of amides is 2. The molecule has 1 heterocycles. The summed E-state index contributed by atoms with van der Waals surface area (Å²) in [6, 6.07) is 12.9. The number of aliphatic hydroxyl groups is 1. The highest BCUT2D eigenvalue weighted by molar-refractivity contribution is 6.34. The quantitative estimate of drug-likeness (QED) is 0.840. The van der Waals surface area contributed by atoms with Crippen molar-refractivity contribution in [2.45, 2.75) is 20.3 Å². The summed E-state index contributed by atoms with van der Waals surface area (Å²) in [5, 5.41) is 10.2. The molecule has 0 unspecified atom stereocenters. The Bertz CT molecular complexity index is 897. The van der Waals surface area contributed by atoms with Crippen molar-refractivity contribution in [3.8, 4) is 5.75 Å². The minimum atomic E-state index is -0.642. The molecule has 1 aliphatic heterocycles. The van der Waals surface area contributed by atoms with E-state index in [-0.39, 0.29) is 12.1 Å². The molecule has 5 nitrogen and oxygen atoms in total. The molecule has 26 heavy (non-hydrogen) atoms. The number of nitrogens with zero attached hydrogens (tertiary/aromatic N) is 1. The molecule has 0 fully saturated rings. The van der Waals surface area contributed by atoms with E-state index in [0.717, 1.165) is 27.3 Å². The minimum Gasteiger partial charge on any atom is -0.502 e. The lowest BCUT2D eigenvalue weighted by molar-refractivity contribution is -0.138. The van der Waals surface area contributed by atoms with Crippen molar-refractivity contribution >= 4 is 17.4 Å². The van der Waals surface area contributed by atoms with Gasteiger partial charge in [-0.25, -0.2) is 0 Å². The number of aryl methyl sites for hydroxylation is 2. The van der Waals surface area contributed by atoms with Crippen molar-refractivity contribution in [1.29, 1.82) is 0 Å². The molecule has 3 rings (SSSR count). The second-order valence-electron chi connectivity index (χ2n) is 6.38. The lowest BCUT2D eigenvalue weighted by Gasteiger charge is -2.14. The van der Waals surface area contributed by atoms with Crippen molar-refractivity contribution in [1.82, 2.24) is 4.90 Å². The molecule has 0 radical (unpaired) electrons. The SMILES string of the molecule is COc1ccc(CCN2C(=O)C(O)=C(c3ccc(C)c(C)c3)C2=O)cc1. The third-order valence-corrected chi connectivity index (χ3v) is 4.72. The zero-order valence-corrected chi connectivity index (χ0v) is 15.1. The molecule has 2 aromatic rings. The van der Waals surface area contributed by atoms with Gasteiger partial charge in [0.2, 0.25) is 0 Å². The summed E-state index contributed by atoms with van der Waals surface area (Å²) in [5.74, 6) is -0.826. The minimum absolute atomic E-state index is 0.0767. The first-order valence-electron chi connectivity index (χ1n) is 8.42. The number of carbonyl (C=O) groups is 2. The van der Waals surface area contributed by atoms with E-state index in [2.05, 4.69) is 0 Å². The van der Waals surface area contributed by atoms with Gasteiger partial charge in [-0.1, -0.05) is 30.3 Å². The van der Waals surface area contributed by atoms with Gasteiger partial charge in [-0.3, -0.25) is 14.5 Å². The van der Waals surface area contributed by atoms with E-state index >= 15 is 0 Å². The Morgan fingerprint density at radius 3 is 2.27 bits per heavy atom. The van der Waals surface area contributed by atoms with Crippen molar-refractivity contribution in [3.63, 3.8) is 0 Å². The van der Waals surface area contributed by atoms with Crippen LogP contribution >= 0.6 is 0 Å². The summed E-state index contributed by atoms with van der Waals surface area (Å²) in [5.41, 5.74) is 3.70. The zero-order chi connectivity index (χ0) is 18.8. The smallest absolute Gasteiger partial charge is 0.296 e. The fourth-order valence-electron chi connectivity index (χ4n) is 2.96. The number of rotatable bonds is 5. The van der Waals surface area contributed by atoms with Crippen molar-refractivity contribution in [2.24, 2.45) is 0 Å². The van der Waals surface area contributed by atoms with E-state index < -0.39 is 17.6 Å². The molecule has 2 amide bonds. The molecular formula is C21H21NO4. The second kappa shape index (κ2) is 7.04. The van der Waals surface area contributed by atoms with Crippen LogP contribution in [-0.2, 0) is 16.0 Å². The second-order valence-corrected chi connectivity index (χ2v) is 6.38. The van der Waals surface area contributed by atoms with Crippen LogP contribution in [0.25, 0.3) is 5.57 Å². The molecule has 134 valence electrons. The highest BCUT2D eigenvalue weighted by atomic mass is 16.5. The van der Waals surface area contributed by atoms with Crippen LogP contribution in [0.3, 0.4) is 0 Å². The van der Waals surface area contributed by atoms with Crippen LogP contribution in [0.5, 0.6) is 5.75 Å². The third-order valence-electron chi connectivity index (χ3n) is 4.72. The summed E-state index contributed by atoms with van der Waals surface area (Å²) in [6.45, 7) is 4.11. The van der Waals surface area contributed by atoms with Crippen molar-refractivity contribution in [2.75, 3.05) is 13.7 Å². The van der Waals surface area contributed by atoms with Crippen LogP contribution in [0.1, 0.15) is 22.3 Å². The summed E-state index contributed by atoms with van der Waals surface area (Å²) in [4.78, 5) is 26.2. The molecule has 1 aliphatic rings. The van der Waals surface area contributed by atoms with Crippen LogP contribution in [0, 0.1) is 13.8 Å². The maximum atomic E-state index is 12.7. The average Bonchev–Trinajstić information content (AvgIpc) is 2.85. The zero-order valence-electron chi connectivity index (χ0n) is 15.1. The Hall–Kier alpha value is -3.08. The van der Waals surface area contributed by atoms with Gasteiger partial charge in [0.1, 0.15) is 5.75 Å². The normalized spacial score (nSPS) is 14.3. The van der Waals surface area contributed by atoms with Crippen molar-refractivity contribution in [3.05, 3.63) is 70.5 Å². The van der Waals surface area contributed by atoms with Crippen LogP contribution < -0.4 is 4.74 Å². The molecule has 0 saturated carbocycles. The predicted molar refractivity (Wildman–Crippen MR) is 98.9 cm³/mol. The number of carbonyl (C=O) groups excluding carboxylic acids is 2. The molecule has 0 aromatic heterocycles. The monoisotopic (exact) mass is 351 g/mol. The lowest BCUT2D eigenvalue weighted by atomic mass is 10.00. The number of methoxy groups -OCH3 is 1. The Balaban J connectivity index is 1.78. The van der Waals surface area contributed by atoms with Gasteiger partial charge in [0.05, 0.1) is 12.7 Å². The number of benzene rings is 2. The van der Waals surface area contributed by atoms with Crippen LogP contribution in [0.2, 0.25) is 0 Å². The maximum Gasteiger partial charge on any atom is 0.296 e. The fraction of sp³-hybridized carbons (Fsp3) is 0.238. The predicted octanol–water partition coefficient (Wildman–Crippen LogP) is 3.19. The number of hydrogen-bond acceptors (Lipinski definition) is 4. The van der Waals surface area contributed by atoms with E-state index in [0.29, 0.717) is 12.0 Å². The molecular weight excluding hydrogens is 330 g/mol. The van der Waals surface area contributed by atoms with E-state index in [9.17, 15) is 14.7 Å². The van der Waals surface area contributed by atoms with Gasteiger partial charge in [0.15, 0.2) is 5.76 Å². The molecule has 2 aromatic carbocycles. The van der Waals surface area contributed by atoms with Gasteiger partial charge >= 0.3 is 0 Å². The molecule has 0 aliphatic carbocycles. The number of ether oxygens (including phenoxy) is 1. The van der Waals surface area contributed by atoms with Gasteiger partial charge in [-0.2, -0.15) is 0 Å². The molecule has 0 saturated heterocycles. The highest BCUT2D eigenvalue weighted by Crippen LogP contribution is 2.29. The first-order valence-corrected chi connectivity index (χ1v) is 8.42. The Kier molecular flexibility index (Phi) is 4.80. The molecule has 0 spiro atoms. The van der Waals surface area contributed by atoms with Crippen LogP contribution in [0.4, 0.5) is 0 Å². The van der Waals surface area contributed by atoms with Crippen LogP contribution in [0.15, 0.2) is 48.2 Å². The van der Waals surface area contributed by atoms with Gasteiger partial charge < -0.3 is 9.84 Å². The molecule has 0 atom stereocenters. The van der Waals surface area contributed by atoms with Crippen LogP contribution in [-0.4, -0.2) is 35.5 Å². The number of hydrogen-bond donors (Lipinski definition) is 1. The molecule has 1 N–H and O–H groups in total. The Morgan fingerprint density at radius 2 is 1.65 bits per heavy atom. The van der Waals surface area contributed by atoms with E-state index in [1.54, 1.807) is 13.2 Å². The molecule has 5 heteroatoms. The van der Waals surface area contributed by atoms with E-state index in [4.69, 9.17) is 4.74 Å². The number of imide groups is 1. The van der Waals surface area contributed by atoms with Gasteiger partial charge in [0, 0.05) is 6.54 Å². The Morgan fingerprint density at radius 1 is 0.962 bits per heavy atom. The summed E-state index contributed by atoms with van der Waals surface area (Å²) in [6.07, 6.45) is 0.509. The largest absolute Gasteiger partial charge is 0.502 e. The first-order chi connectivity index (χ1) is 12.4. The lowest BCUT2D eigenvalue weighted by Crippen LogP contribution is -2.33. The number of aliphatic hydroxyl groups excluding tert-OH is 1. The summed E-state index contributed by atoms with van der Waals surface area (Å²) < 4.78 is 5.12. The van der Waals surface area contributed by atoms with Gasteiger partial charge in [-0.05, 0) is 54.7 Å². The topological polar surface area (TPSA) is 66.8 Å².